The summed E-state index contributed by atoms with van der Waals surface area (Å²) in [6.07, 6.45) is 3.74. The molecule has 1 aromatic rings. The van der Waals surface area contributed by atoms with Crippen molar-refractivity contribution in [3.63, 3.8) is 0 Å². The Morgan fingerprint density at radius 3 is 2.82 bits per heavy atom. The molecule has 2 rings (SSSR count). The first-order chi connectivity index (χ1) is 4.97. The summed E-state index contributed by atoms with van der Waals surface area (Å²) in [5.41, 5.74) is 3.77. The molecule has 0 aliphatic carbocycles. The maximum absolute atomic E-state index is 5.09. The Bertz CT molecular complexity index is 268. The molecule has 0 unspecified atom stereocenters. The minimum absolute atomic E-state index is 0. The lowest BCUT2D eigenvalue weighted by molar-refractivity contribution is 0.239. The molecule has 0 bridgehead atoms. The molecule has 0 aromatic heterocycles. The molecule has 1 aliphatic rings. The number of hydrogen-bond donors (Lipinski definition) is 1. The largest absolute Gasteiger partial charge is 0.382 e. The number of nitrogens with one attached hydrogen (secondary N) is 1. The quantitative estimate of drug-likeness (QED) is 0.610. The Morgan fingerprint density at radius 1 is 1.18 bits per heavy atom. The average Bonchev–Trinajstić information content (AvgIpc) is 2.05. The molecule has 2 heteroatoms. The van der Waals surface area contributed by atoms with Crippen molar-refractivity contribution >= 4 is 6.08 Å². The van der Waals surface area contributed by atoms with Gasteiger partial charge < -0.3 is 4.84 Å². The van der Waals surface area contributed by atoms with Crippen LogP contribution >= 0.6 is 0 Å². The van der Waals surface area contributed by atoms with Gasteiger partial charge >= 0.3 is 0 Å². The molecule has 0 saturated heterocycles. The summed E-state index contributed by atoms with van der Waals surface area (Å²) >= 11 is 0. The summed E-state index contributed by atoms with van der Waals surface area (Å²) in [5.74, 6) is 0.880. The number of para-hydroxylation sites is 1. The Kier molecular flexibility index (Phi) is 2.16. The van der Waals surface area contributed by atoms with Crippen LogP contribution < -0.4 is 10.3 Å². The normalized spacial score (nSPS) is 12.0. The minimum atomic E-state index is 0. The fourth-order valence-corrected chi connectivity index (χ4v) is 0.932. The lowest BCUT2D eigenvalue weighted by Gasteiger charge is -2.11. The Labute approximate surface area is 66.5 Å². The fourth-order valence-electron chi connectivity index (χ4n) is 0.932. The lowest BCUT2D eigenvalue weighted by atomic mass is 10.2. The summed E-state index contributed by atoms with van der Waals surface area (Å²) in [6.45, 7) is 0. The predicted molar refractivity (Wildman–Crippen MR) is 46.0 cm³/mol. The summed E-state index contributed by atoms with van der Waals surface area (Å²) < 4.78 is 0. The van der Waals surface area contributed by atoms with Crippen molar-refractivity contribution in [3.05, 3.63) is 36.0 Å². The van der Waals surface area contributed by atoms with Gasteiger partial charge in [0, 0.05) is 11.8 Å². The van der Waals surface area contributed by atoms with Crippen LogP contribution in [0.5, 0.6) is 5.75 Å². The third kappa shape index (κ3) is 1.34. The van der Waals surface area contributed by atoms with Gasteiger partial charge in [0.05, 0.1) is 0 Å². The Morgan fingerprint density at radius 2 is 2.00 bits per heavy atom. The van der Waals surface area contributed by atoms with Crippen LogP contribution in [0.4, 0.5) is 0 Å². The van der Waals surface area contributed by atoms with Crippen molar-refractivity contribution < 1.29 is 4.84 Å². The highest BCUT2D eigenvalue weighted by atomic mass is 16.6. The van der Waals surface area contributed by atoms with Crippen LogP contribution in [0.2, 0.25) is 0 Å². The van der Waals surface area contributed by atoms with E-state index in [0.717, 1.165) is 11.3 Å². The van der Waals surface area contributed by atoms with E-state index >= 15 is 0 Å². The van der Waals surface area contributed by atoms with Gasteiger partial charge in [0.25, 0.3) is 0 Å². The van der Waals surface area contributed by atoms with Crippen molar-refractivity contribution in [2.24, 2.45) is 0 Å². The third-order valence-electron chi connectivity index (χ3n) is 1.42. The SMILES string of the molecule is C.C1=Cc2ccccc2ON1. The zero-order valence-electron chi connectivity index (χ0n) is 5.37. The molecule has 11 heavy (non-hydrogen) atoms. The Hall–Kier alpha value is -1.44. The first-order valence-corrected chi connectivity index (χ1v) is 3.15. The monoisotopic (exact) mass is 149 g/mol. The van der Waals surface area contributed by atoms with Gasteiger partial charge in [0.15, 0.2) is 5.75 Å². The van der Waals surface area contributed by atoms with Crippen LogP contribution in [0.1, 0.15) is 13.0 Å². The number of benzene rings is 1. The highest BCUT2D eigenvalue weighted by molar-refractivity contribution is 5.57. The second kappa shape index (κ2) is 3.10. The molecular weight excluding hydrogens is 138 g/mol. The van der Waals surface area contributed by atoms with E-state index in [-0.39, 0.29) is 7.43 Å². The maximum Gasteiger partial charge on any atom is 0.162 e. The predicted octanol–water partition coefficient (Wildman–Crippen LogP) is 2.19. The second-order valence-electron chi connectivity index (χ2n) is 2.09. The zero-order valence-corrected chi connectivity index (χ0v) is 5.37. The van der Waals surface area contributed by atoms with E-state index in [2.05, 4.69) is 5.48 Å². The molecule has 58 valence electrons. The Balaban J connectivity index is 0.000000605. The van der Waals surface area contributed by atoms with Gasteiger partial charge in [-0.1, -0.05) is 25.6 Å². The summed E-state index contributed by atoms with van der Waals surface area (Å²) in [5, 5.41) is 0. The molecule has 1 heterocycles. The molecule has 1 N–H and O–H groups in total. The van der Waals surface area contributed by atoms with Gasteiger partial charge in [-0.15, -0.1) is 0 Å². The molecule has 1 aromatic carbocycles. The van der Waals surface area contributed by atoms with E-state index < -0.39 is 0 Å². The molecule has 0 spiro atoms. The number of rotatable bonds is 0. The highest BCUT2D eigenvalue weighted by Gasteiger charge is 2.01. The van der Waals surface area contributed by atoms with Crippen LogP contribution in [-0.2, 0) is 0 Å². The smallest absolute Gasteiger partial charge is 0.162 e. The van der Waals surface area contributed by atoms with Gasteiger partial charge in [-0.3, -0.25) is 0 Å². The molecular formula is C9H11NO. The molecule has 0 fully saturated rings. The van der Waals surface area contributed by atoms with Gasteiger partial charge in [0.2, 0.25) is 0 Å². The van der Waals surface area contributed by atoms with Crippen molar-refractivity contribution in [2.45, 2.75) is 7.43 Å². The first-order valence-electron chi connectivity index (χ1n) is 3.15. The molecule has 0 saturated carbocycles. The van der Waals surface area contributed by atoms with E-state index in [1.807, 2.05) is 30.3 Å². The van der Waals surface area contributed by atoms with Crippen LogP contribution in [-0.4, -0.2) is 0 Å². The van der Waals surface area contributed by atoms with Crippen molar-refractivity contribution in [2.75, 3.05) is 0 Å². The van der Waals surface area contributed by atoms with Crippen molar-refractivity contribution in [3.8, 4) is 5.75 Å². The van der Waals surface area contributed by atoms with Crippen molar-refractivity contribution in [1.29, 1.82) is 0 Å². The maximum atomic E-state index is 5.09. The topological polar surface area (TPSA) is 21.3 Å². The average molecular weight is 149 g/mol. The zero-order chi connectivity index (χ0) is 6.81. The molecule has 0 radical (unpaired) electrons. The highest BCUT2D eigenvalue weighted by Crippen LogP contribution is 2.20. The number of hydroxylamine groups is 1. The van der Waals surface area contributed by atoms with Crippen LogP contribution in [0, 0.1) is 0 Å². The van der Waals surface area contributed by atoms with Gasteiger partial charge in [-0.25, -0.2) is 5.48 Å². The number of fused-ring (bicyclic) bond motifs is 1. The summed E-state index contributed by atoms with van der Waals surface area (Å²) in [6, 6.07) is 7.86. The van der Waals surface area contributed by atoms with Gasteiger partial charge in [-0.2, -0.15) is 0 Å². The fraction of sp³-hybridized carbons (Fsp3) is 0.111. The minimum Gasteiger partial charge on any atom is -0.382 e. The van der Waals surface area contributed by atoms with E-state index in [9.17, 15) is 0 Å². The van der Waals surface area contributed by atoms with E-state index in [4.69, 9.17) is 4.84 Å². The second-order valence-corrected chi connectivity index (χ2v) is 2.09. The molecule has 1 aliphatic heterocycles. The van der Waals surface area contributed by atoms with Gasteiger partial charge in [0.1, 0.15) is 0 Å². The number of hydrogen-bond acceptors (Lipinski definition) is 2. The molecule has 0 amide bonds. The van der Waals surface area contributed by atoms with Gasteiger partial charge in [-0.05, 0) is 12.1 Å². The van der Waals surface area contributed by atoms with Crippen molar-refractivity contribution in [1.82, 2.24) is 5.48 Å². The van der Waals surface area contributed by atoms with E-state index in [1.54, 1.807) is 6.20 Å². The first kappa shape index (κ1) is 7.66. The molecule has 2 nitrogen and oxygen atoms in total. The van der Waals surface area contributed by atoms with Crippen LogP contribution in [0.3, 0.4) is 0 Å². The van der Waals surface area contributed by atoms with E-state index in [1.165, 1.54) is 0 Å². The third-order valence-corrected chi connectivity index (χ3v) is 1.42. The van der Waals surface area contributed by atoms with Crippen LogP contribution in [0.25, 0.3) is 6.08 Å². The summed E-state index contributed by atoms with van der Waals surface area (Å²) in [4.78, 5) is 5.09. The molecule has 0 atom stereocenters. The van der Waals surface area contributed by atoms with E-state index in [0.29, 0.717) is 0 Å². The lowest BCUT2D eigenvalue weighted by Crippen LogP contribution is -2.13. The van der Waals surface area contributed by atoms with Crippen LogP contribution in [0.15, 0.2) is 30.5 Å². The summed E-state index contributed by atoms with van der Waals surface area (Å²) in [7, 11) is 0. The standard InChI is InChI=1S/C8H7NO.CH4/c1-2-4-8-7(3-1)5-6-9-10-8;/h1-6,9H;1H4.